The maximum absolute atomic E-state index is 13.9. The molecule has 0 aliphatic carbocycles. The van der Waals surface area contributed by atoms with Gasteiger partial charge in [-0.1, -0.05) is 64.3 Å². The molecule has 1 amide bonds. The Labute approximate surface area is 264 Å². The van der Waals surface area contributed by atoms with Crippen LogP contribution in [0.5, 0.6) is 0 Å². The molecule has 240 valence electrons. The van der Waals surface area contributed by atoms with Crippen molar-refractivity contribution in [2.75, 3.05) is 33.3 Å². The number of carbonyl (C=O) groups is 3. The zero-order valence-electron chi connectivity index (χ0n) is 27.9. The van der Waals surface area contributed by atoms with Crippen molar-refractivity contribution in [2.24, 2.45) is 0 Å². The van der Waals surface area contributed by atoms with Gasteiger partial charge in [0.15, 0.2) is 0 Å². The zero-order chi connectivity index (χ0) is 32.1. The number of unbranched alkanes of at least 4 members (excludes halogenated alkanes) is 3. The highest BCUT2D eigenvalue weighted by atomic mass is 16.5. The van der Waals surface area contributed by atoms with E-state index in [1.165, 1.54) is 56.3 Å². The number of hydrogen-bond donors (Lipinski definition) is 0. The minimum absolute atomic E-state index is 0.0125. The molecule has 0 saturated carbocycles. The third-order valence-electron chi connectivity index (χ3n) is 8.34. The highest BCUT2D eigenvalue weighted by Crippen LogP contribution is 2.24. The lowest BCUT2D eigenvalue weighted by Crippen LogP contribution is -2.41. The van der Waals surface area contributed by atoms with Gasteiger partial charge in [0, 0.05) is 28.9 Å². The zero-order valence-corrected chi connectivity index (χ0v) is 27.9. The molecule has 0 unspecified atom stereocenters. The smallest absolute Gasteiger partial charge is 0.325 e. The number of amides is 1. The van der Waals surface area contributed by atoms with Crippen LogP contribution in [-0.2, 0) is 22.4 Å². The number of carbonyl (C=O) groups excluding carboxylic acids is 3. The molecule has 0 fully saturated rings. The normalized spacial score (nSPS) is 11.5. The number of pyridine rings is 1. The van der Waals surface area contributed by atoms with Crippen molar-refractivity contribution < 1.29 is 19.1 Å². The molecular weight excluding hydrogens is 550 g/mol. The second-order valence-corrected chi connectivity index (χ2v) is 12.1. The molecule has 1 aromatic carbocycles. The molecule has 2 aromatic heterocycles. The first-order valence-corrected chi connectivity index (χ1v) is 16.6. The van der Waals surface area contributed by atoms with Gasteiger partial charge < -0.3 is 18.9 Å². The average molecular weight is 604 g/mol. The van der Waals surface area contributed by atoms with E-state index in [2.05, 4.69) is 37.8 Å². The number of fused-ring (bicyclic) bond motifs is 1. The van der Waals surface area contributed by atoms with Gasteiger partial charge in [0.25, 0.3) is 5.91 Å². The summed E-state index contributed by atoms with van der Waals surface area (Å²) in [5.41, 5.74) is 4.82. The van der Waals surface area contributed by atoms with Gasteiger partial charge in [0.2, 0.25) is 5.78 Å². The first-order valence-electron chi connectivity index (χ1n) is 16.6. The predicted octanol–water partition coefficient (Wildman–Crippen LogP) is 7.37. The molecule has 3 rings (SSSR count). The molecule has 0 aliphatic rings. The summed E-state index contributed by atoms with van der Waals surface area (Å²) in [5, 5.41) is 0. The Morgan fingerprint density at radius 2 is 1.43 bits per heavy atom. The molecule has 7 nitrogen and oxygen atoms in total. The largest absolute Gasteiger partial charge is 0.468 e. The van der Waals surface area contributed by atoms with Gasteiger partial charge in [-0.05, 0) is 101 Å². The fourth-order valence-electron chi connectivity index (χ4n) is 5.60. The second kappa shape index (κ2) is 17.7. The van der Waals surface area contributed by atoms with Crippen LogP contribution in [0.25, 0.3) is 5.52 Å². The van der Waals surface area contributed by atoms with Crippen LogP contribution < -0.4 is 0 Å². The van der Waals surface area contributed by atoms with E-state index in [-0.39, 0.29) is 24.3 Å². The Morgan fingerprint density at radius 3 is 2.02 bits per heavy atom. The highest BCUT2D eigenvalue weighted by Gasteiger charge is 2.24. The summed E-state index contributed by atoms with van der Waals surface area (Å²) in [6, 6.07) is 13.5. The number of methoxy groups -OCH3 is 1. The molecule has 0 spiro atoms. The van der Waals surface area contributed by atoms with Crippen molar-refractivity contribution in [1.29, 1.82) is 0 Å². The first-order chi connectivity index (χ1) is 21.2. The van der Waals surface area contributed by atoms with E-state index >= 15 is 0 Å². The van der Waals surface area contributed by atoms with Gasteiger partial charge in [-0.15, -0.1) is 0 Å². The Kier molecular flexibility index (Phi) is 14.1. The Balaban J connectivity index is 1.81. The Hall–Kier alpha value is -3.45. The van der Waals surface area contributed by atoms with E-state index in [1.54, 1.807) is 12.3 Å². The monoisotopic (exact) mass is 603 g/mol. The molecule has 3 aromatic rings. The van der Waals surface area contributed by atoms with Crippen LogP contribution >= 0.6 is 0 Å². The van der Waals surface area contributed by atoms with Crippen molar-refractivity contribution in [3.8, 4) is 0 Å². The summed E-state index contributed by atoms with van der Waals surface area (Å²) in [4.78, 5) is 43.4. The minimum Gasteiger partial charge on any atom is -0.468 e. The van der Waals surface area contributed by atoms with Crippen LogP contribution in [0, 0.1) is 0 Å². The number of benzene rings is 1. The number of esters is 1. The van der Waals surface area contributed by atoms with Crippen LogP contribution in [0.15, 0.2) is 48.7 Å². The SMILES string of the molecule is CCCCc1cc2cc(C(=O)N(CC(=O)OC)C(C)C)ccn2c1C(=O)c1ccc(CCCN(CCCC)CCCC)cc1. The lowest BCUT2D eigenvalue weighted by atomic mass is 10.00. The average Bonchev–Trinajstić information content (AvgIpc) is 3.40. The fraction of sp³-hybridized carbons (Fsp3) is 0.541. The van der Waals surface area contributed by atoms with E-state index in [0.717, 1.165) is 49.7 Å². The third kappa shape index (κ3) is 9.52. The topological polar surface area (TPSA) is 71.3 Å². The van der Waals surface area contributed by atoms with Crippen LogP contribution in [0.1, 0.15) is 117 Å². The first kappa shape index (κ1) is 35.0. The molecule has 0 radical (unpaired) electrons. The Morgan fingerprint density at radius 1 is 0.795 bits per heavy atom. The molecule has 2 heterocycles. The second-order valence-electron chi connectivity index (χ2n) is 12.1. The van der Waals surface area contributed by atoms with Crippen molar-refractivity contribution >= 4 is 23.2 Å². The van der Waals surface area contributed by atoms with Gasteiger partial charge in [-0.2, -0.15) is 0 Å². The third-order valence-corrected chi connectivity index (χ3v) is 8.34. The van der Waals surface area contributed by atoms with E-state index in [1.807, 2.05) is 42.5 Å². The molecule has 0 saturated heterocycles. The van der Waals surface area contributed by atoms with E-state index in [0.29, 0.717) is 16.8 Å². The van der Waals surface area contributed by atoms with Gasteiger partial charge in [0.1, 0.15) is 6.54 Å². The number of ether oxygens (including phenoxy) is 1. The quantitative estimate of drug-likeness (QED) is 0.106. The molecular formula is C37H53N3O4. The molecule has 44 heavy (non-hydrogen) atoms. The van der Waals surface area contributed by atoms with E-state index < -0.39 is 5.97 Å². The summed E-state index contributed by atoms with van der Waals surface area (Å²) in [5.74, 6) is -0.717. The van der Waals surface area contributed by atoms with Crippen molar-refractivity contribution in [1.82, 2.24) is 14.2 Å². The maximum atomic E-state index is 13.9. The van der Waals surface area contributed by atoms with Crippen LogP contribution in [0.2, 0.25) is 0 Å². The molecule has 7 heteroatoms. The van der Waals surface area contributed by atoms with Crippen molar-refractivity contribution in [3.63, 3.8) is 0 Å². The minimum atomic E-state index is -0.461. The number of hydrogen-bond acceptors (Lipinski definition) is 5. The lowest BCUT2D eigenvalue weighted by Gasteiger charge is -2.25. The lowest BCUT2D eigenvalue weighted by molar-refractivity contribution is -0.141. The number of aryl methyl sites for hydroxylation is 2. The molecule has 0 atom stereocenters. The molecule has 0 N–H and O–H groups in total. The number of ketones is 1. The van der Waals surface area contributed by atoms with Gasteiger partial charge in [-0.25, -0.2) is 0 Å². The summed E-state index contributed by atoms with van der Waals surface area (Å²) in [7, 11) is 1.32. The molecule has 0 aliphatic heterocycles. The van der Waals surface area contributed by atoms with Gasteiger partial charge in [-0.3, -0.25) is 14.4 Å². The van der Waals surface area contributed by atoms with Crippen LogP contribution in [0.3, 0.4) is 0 Å². The standard InChI is InChI=1S/C37H53N3O4/c1-7-10-15-31-25-33-26-32(37(43)40(28(4)5)27-34(41)44-6)20-24-39(33)35(31)36(42)30-18-16-29(17-19-30)14-13-23-38(21-11-8-2)22-12-9-3/h16-20,24-26,28H,7-15,21-23,27H2,1-6H3. The highest BCUT2D eigenvalue weighted by molar-refractivity contribution is 6.10. The fourth-order valence-corrected chi connectivity index (χ4v) is 5.60. The molecule has 0 bridgehead atoms. The van der Waals surface area contributed by atoms with Gasteiger partial charge >= 0.3 is 5.97 Å². The number of aromatic nitrogens is 1. The van der Waals surface area contributed by atoms with Gasteiger partial charge in [0.05, 0.1) is 12.8 Å². The van der Waals surface area contributed by atoms with Crippen LogP contribution in [-0.4, -0.2) is 71.2 Å². The van der Waals surface area contributed by atoms with E-state index in [4.69, 9.17) is 4.74 Å². The predicted molar refractivity (Wildman–Crippen MR) is 179 cm³/mol. The Bertz CT molecular complexity index is 1350. The number of rotatable bonds is 19. The van der Waals surface area contributed by atoms with E-state index in [9.17, 15) is 14.4 Å². The van der Waals surface area contributed by atoms with Crippen molar-refractivity contribution in [3.05, 3.63) is 76.6 Å². The summed E-state index contributed by atoms with van der Waals surface area (Å²) >= 11 is 0. The summed E-state index contributed by atoms with van der Waals surface area (Å²) in [6.45, 7) is 13.7. The summed E-state index contributed by atoms with van der Waals surface area (Å²) < 4.78 is 6.70. The maximum Gasteiger partial charge on any atom is 0.325 e. The van der Waals surface area contributed by atoms with Crippen LogP contribution in [0.4, 0.5) is 0 Å². The van der Waals surface area contributed by atoms with Crippen molar-refractivity contribution in [2.45, 2.75) is 98.4 Å². The summed E-state index contributed by atoms with van der Waals surface area (Å²) in [6.07, 6.45) is 11.6. The number of nitrogens with zero attached hydrogens (tertiary/aromatic N) is 3.